The molecule has 0 spiro atoms. The van der Waals surface area contributed by atoms with Gasteiger partial charge in [-0.05, 0) is 18.5 Å². The number of aromatic nitrogens is 4. The van der Waals surface area contributed by atoms with Gasteiger partial charge in [-0.2, -0.15) is 0 Å². The number of nitrogens with one attached hydrogen (secondary N) is 1. The minimum Gasteiger partial charge on any atom is -0.387 e. The maximum absolute atomic E-state index is 10.5. The summed E-state index contributed by atoms with van der Waals surface area (Å²) in [6.07, 6.45) is -0.819. The lowest BCUT2D eigenvalue weighted by molar-refractivity contribution is -0.0580. The third-order valence-corrected chi connectivity index (χ3v) is 5.33. The van der Waals surface area contributed by atoms with Crippen LogP contribution >= 0.6 is 0 Å². The van der Waals surface area contributed by atoms with Crippen molar-refractivity contribution >= 4 is 17.0 Å². The Labute approximate surface area is 180 Å². The predicted octanol–water partition coefficient (Wildman–Crippen LogP) is 0.248. The number of nitrogens with zero attached hydrogens (tertiary/aromatic N) is 4. The van der Waals surface area contributed by atoms with Gasteiger partial charge in [0.25, 0.3) is 0 Å². The van der Waals surface area contributed by atoms with Crippen LogP contribution < -0.4 is 11.1 Å². The first-order valence-electron chi connectivity index (χ1n) is 10.3. The molecule has 1 saturated heterocycles. The summed E-state index contributed by atoms with van der Waals surface area (Å²) in [5, 5.41) is 24.2. The summed E-state index contributed by atoms with van der Waals surface area (Å²) >= 11 is 0. The van der Waals surface area contributed by atoms with E-state index in [2.05, 4.69) is 32.4 Å². The lowest BCUT2D eigenvalue weighted by atomic mass is 10.1. The lowest BCUT2D eigenvalue weighted by Gasteiger charge is -2.17. The third-order valence-electron chi connectivity index (χ3n) is 5.33. The van der Waals surface area contributed by atoms with Crippen LogP contribution in [0.4, 0.5) is 5.82 Å². The number of hydrogen-bond donors (Lipinski definition) is 4. The molecule has 0 saturated carbocycles. The molecule has 0 unspecified atom stereocenters. The number of ether oxygens (including phenoxy) is 2. The quantitative estimate of drug-likeness (QED) is 0.377. The van der Waals surface area contributed by atoms with Crippen LogP contribution in [0, 0.1) is 0 Å². The van der Waals surface area contributed by atoms with Crippen molar-refractivity contribution in [1.82, 2.24) is 19.5 Å². The molecule has 10 nitrogen and oxygen atoms in total. The van der Waals surface area contributed by atoms with Crippen LogP contribution in [0.5, 0.6) is 0 Å². The molecule has 0 aliphatic carbocycles. The Bertz CT molecular complexity index is 998. The molecule has 4 atom stereocenters. The molecule has 10 heteroatoms. The Kier molecular flexibility index (Phi) is 6.73. The molecule has 166 valence electrons. The molecule has 31 heavy (non-hydrogen) atoms. The Hall–Kier alpha value is -2.63. The van der Waals surface area contributed by atoms with Crippen molar-refractivity contribution in [2.75, 3.05) is 32.1 Å². The van der Waals surface area contributed by atoms with E-state index in [-0.39, 0.29) is 6.61 Å². The number of methoxy groups -OCH3 is 1. The molecule has 4 rings (SSSR count). The summed E-state index contributed by atoms with van der Waals surface area (Å²) in [5.74, 6) is 1.17. The molecule has 1 fully saturated rings. The average molecular weight is 428 g/mol. The molecule has 3 heterocycles. The molecule has 2 aromatic heterocycles. The summed E-state index contributed by atoms with van der Waals surface area (Å²) < 4.78 is 12.6. The van der Waals surface area contributed by atoms with E-state index in [4.69, 9.17) is 15.2 Å². The SMILES string of the molecule is COC[C@H]1O[C@@H](n2cnc3c(NCCc4ccccc4)nc(CCN)nc32)[C@H](O)[C@@H]1O. The fourth-order valence-corrected chi connectivity index (χ4v) is 3.74. The molecule has 0 bridgehead atoms. The van der Waals surface area contributed by atoms with Gasteiger partial charge in [-0.25, -0.2) is 15.0 Å². The van der Waals surface area contributed by atoms with Crippen molar-refractivity contribution in [3.05, 3.63) is 48.0 Å². The van der Waals surface area contributed by atoms with E-state index in [9.17, 15) is 10.2 Å². The first-order valence-corrected chi connectivity index (χ1v) is 10.3. The number of aliphatic hydroxyl groups is 2. The average Bonchev–Trinajstić information content (AvgIpc) is 3.31. The molecule has 3 aromatic rings. The number of fused-ring (bicyclic) bond motifs is 1. The van der Waals surface area contributed by atoms with Gasteiger partial charge in [0.15, 0.2) is 23.2 Å². The van der Waals surface area contributed by atoms with Gasteiger partial charge in [-0.1, -0.05) is 30.3 Å². The molecule has 5 N–H and O–H groups in total. The van der Waals surface area contributed by atoms with Crippen LogP contribution in [0.1, 0.15) is 17.6 Å². The van der Waals surface area contributed by atoms with Gasteiger partial charge in [0.05, 0.1) is 12.9 Å². The highest BCUT2D eigenvalue weighted by Crippen LogP contribution is 2.32. The summed E-state index contributed by atoms with van der Waals surface area (Å²) in [7, 11) is 1.52. The largest absolute Gasteiger partial charge is 0.387 e. The molecular formula is C21H28N6O4. The van der Waals surface area contributed by atoms with E-state index >= 15 is 0 Å². The van der Waals surface area contributed by atoms with Gasteiger partial charge in [0.2, 0.25) is 0 Å². The highest BCUT2D eigenvalue weighted by molar-refractivity contribution is 5.83. The highest BCUT2D eigenvalue weighted by Gasteiger charge is 2.44. The Morgan fingerprint density at radius 3 is 2.71 bits per heavy atom. The zero-order valence-electron chi connectivity index (χ0n) is 17.4. The van der Waals surface area contributed by atoms with Gasteiger partial charge in [0.1, 0.15) is 24.1 Å². The minimum atomic E-state index is -1.14. The van der Waals surface area contributed by atoms with Crippen LogP contribution in [0.3, 0.4) is 0 Å². The van der Waals surface area contributed by atoms with E-state index < -0.39 is 24.5 Å². The number of anilines is 1. The van der Waals surface area contributed by atoms with Crippen molar-refractivity contribution in [3.63, 3.8) is 0 Å². The summed E-state index contributed by atoms with van der Waals surface area (Å²) in [6.45, 7) is 1.24. The molecule has 1 aromatic carbocycles. The van der Waals surface area contributed by atoms with Gasteiger partial charge < -0.3 is 30.7 Å². The van der Waals surface area contributed by atoms with Crippen molar-refractivity contribution in [2.45, 2.75) is 37.4 Å². The van der Waals surface area contributed by atoms with Gasteiger partial charge in [-0.15, -0.1) is 0 Å². The van der Waals surface area contributed by atoms with E-state index in [0.717, 1.165) is 6.42 Å². The standard InChI is InChI=1S/C21H28N6O4/c1-30-11-14-17(28)18(29)21(31-14)27-12-24-16-19(25-15(7-9-22)26-20(16)27)23-10-8-13-5-3-2-4-6-13/h2-6,12,14,17-18,21,28-29H,7-11,22H2,1H3,(H,23,25,26)/t14-,17-,18-,21-/m1/s1. The van der Waals surface area contributed by atoms with E-state index in [1.807, 2.05) is 18.2 Å². The molecule has 1 aliphatic rings. The Morgan fingerprint density at radius 2 is 1.97 bits per heavy atom. The zero-order valence-corrected chi connectivity index (χ0v) is 17.4. The van der Waals surface area contributed by atoms with Crippen molar-refractivity contribution in [3.8, 4) is 0 Å². The van der Waals surface area contributed by atoms with Crippen LogP contribution in [0.2, 0.25) is 0 Å². The number of benzene rings is 1. The number of rotatable bonds is 9. The fourth-order valence-electron chi connectivity index (χ4n) is 3.74. The van der Waals surface area contributed by atoms with Crippen LogP contribution in [0.25, 0.3) is 11.2 Å². The van der Waals surface area contributed by atoms with E-state index in [1.165, 1.54) is 12.7 Å². The summed E-state index contributed by atoms with van der Waals surface area (Å²) in [4.78, 5) is 13.6. The minimum absolute atomic E-state index is 0.168. The fraction of sp³-hybridized carbons (Fsp3) is 0.476. The molecule has 0 radical (unpaired) electrons. The van der Waals surface area contributed by atoms with Crippen LogP contribution in [-0.4, -0.2) is 74.9 Å². The molecule has 0 amide bonds. The Balaban J connectivity index is 1.61. The zero-order chi connectivity index (χ0) is 21.8. The lowest BCUT2D eigenvalue weighted by Crippen LogP contribution is -2.33. The van der Waals surface area contributed by atoms with E-state index in [1.54, 1.807) is 10.9 Å². The second kappa shape index (κ2) is 9.67. The smallest absolute Gasteiger partial charge is 0.167 e. The number of aliphatic hydroxyl groups excluding tert-OH is 2. The number of hydrogen-bond acceptors (Lipinski definition) is 9. The predicted molar refractivity (Wildman–Crippen MR) is 115 cm³/mol. The van der Waals surface area contributed by atoms with Gasteiger partial charge >= 0.3 is 0 Å². The maximum Gasteiger partial charge on any atom is 0.167 e. The molecular weight excluding hydrogens is 400 g/mol. The highest BCUT2D eigenvalue weighted by atomic mass is 16.6. The van der Waals surface area contributed by atoms with Crippen LogP contribution in [-0.2, 0) is 22.3 Å². The van der Waals surface area contributed by atoms with Crippen LogP contribution in [0.15, 0.2) is 36.7 Å². The first kappa shape index (κ1) is 21.6. The third kappa shape index (κ3) is 4.53. The number of nitrogens with two attached hydrogens (primary N) is 1. The summed E-state index contributed by atoms with van der Waals surface area (Å²) in [6, 6.07) is 10.2. The van der Waals surface area contributed by atoms with E-state index in [0.29, 0.717) is 42.3 Å². The van der Waals surface area contributed by atoms with Gasteiger partial charge in [-0.3, -0.25) is 4.57 Å². The maximum atomic E-state index is 10.5. The second-order valence-corrected chi connectivity index (χ2v) is 7.52. The Morgan fingerprint density at radius 1 is 1.16 bits per heavy atom. The topological polar surface area (TPSA) is 141 Å². The van der Waals surface area contributed by atoms with Crippen molar-refractivity contribution in [2.24, 2.45) is 5.73 Å². The molecule has 1 aliphatic heterocycles. The van der Waals surface area contributed by atoms with Crippen molar-refractivity contribution in [1.29, 1.82) is 0 Å². The summed E-state index contributed by atoms with van der Waals surface area (Å²) in [5.41, 5.74) is 8.01. The monoisotopic (exact) mass is 428 g/mol. The van der Waals surface area contributed by atoms with Gasteiger partial charge in [0, 0.05) is 20.1 Å². The van der Waals surface area contributed by atoms with Crippen molar-refractivity contribution < 1.29 is 19.7 Å². The second-order valence-electron chi connectivity index (χ2n) is 7.52. The first-order chi connectivity index (χ1) is 15.1. The normalized spacial score (nSPS) is 23.5. The number of imidazole rings is 1.